The molecule has 0 atom stereocenters. The van der Waals surface area contributed by atoms with Crippen LogP contribution in [0.15, 0.2) is 48.7 Å². The third-order valence-electron chi connectivity index (χ3n) is 2.85. The molecular formula is C15H16N2O2. The van der Waals surface area contributed by atoms with E-state index in [9.17, 15) is 4.79 Å². The molecule has 0 saturated carbocycles. The first-order chi connectivity index (χ1) is 9.24. The topological polar surface area (TPSA) is 62.2 Å². The molecule has 1 amide bonds. The van der Waals surface area contributed by atoms with Gasteiger partial charge in [-0.05, 0) is 36.1 Å². The zero-order valence-electron chi connectivity index (χ0n) is 10.5. The minimum absolute atomic E-state index is 0.245. The molecule has 0 aliphatic carbocycles. The molecule has 4 nitrogen and oxygen atoms in total. The number of benzene rings is 1. The Morgan fingerprint density at radius 1 is 1.11 bits per heavy atom. The lowest BCUT2D eigenvalue weighted by Crippen LogP contribution is -2.20. The predicted octanol–water partition coefficient (Wildman–Crippen LogP) is 2.63. The molecule has 0 aliphatic rings. The van der Waals surface area contributed by atoms with Crippen LogP contribution in [0.2, 0.25) is 0 Å². The van der Waals surface area contributed by atoms with Gasteiger partial charge >= 0.3 is 6.09 Å². The second-order valence-corrected chi connectivity index (χ2v) is 4.30. The van der Waals surface area contributed by atoms with E-state index in [2.05, 4.69) is 22.4 Å². The van der Waals surface area contributed by atoms with Crippen LogP contribution in [0.5, 0.6) is 0 Å². The van der Waals surface area contributed by atoms with Crippen LogP contribution in [-0.4, -0.2) is 16.2 Å². The molecule has 0 aliphatic heterocycles. The van der Waals surface area contributed by atoms with Crippen LogP contribution < -0.4 is 5.32 Å². The summed E-state index contributed by atoms with van der Waals surface area (Å²) in [7, 11) is 0. The zero-order chi connectivity index (χ0) is 13.5. The Balaban J connectivity index is 1.93. The Hall–Kier alpha value is -2.36. The van der Waals surface area contributed by atoms with Gasteiger partial charge in [-0.2, -0.15) is 0 Å². The lowest BCUT2D eigenvalue weighted by atomic mass is 10.0. The SMILES string of the molecule is O=C(O)NCc1cc(CCc2ccccc2)ccn1. The van der Waals surface area contributed by atoms with Gasteiger partial charge in [-0.1, -0.05) is 30.3 Å². The number of carboxylic acid groups (broad SMARTS) is 1. The summed E-state index contributed by atoms with van der Waals surface area (Å²) >= 11 is 0. The van der Waals surface area contributed by atoms with Gasteiger partial charge in [0.2, 0.25) is 0 Å². The zero-order valence-corrected chi connectivity index (χ0v) is 10.5. The van der Waals surface area contributed by atoms with Gasteiger partial charge in [-0.3, -0.25) is 4.98 Å². The molecule has 1 aromatic heterocycles. The third kappa shape index (κ3) is 4.43. The predicted molar refractivity (Wildman–Crippen MR) is 73.0 cm³/mol. The van der Waals surface area contributed by atoms with Crippen LogP contribution in [-0.2, 0) is 19.4 Å². The lowest BCUT2D eigenvalue weighted by Gasteiger charge is -2.05. The van der Waals surface area contributed by atoms with Gasteiger partial charge in [0.25, 0.3) is 0 Å². The summed E-state index contributed by atoms with van der Waals surface area (Å²) in [4.78, 5) is 14.6. The maximum atomic E-state index is 10.4. The fourth-order valence-electron chi connectivity index (χ4n) is 1.88. The van der Waals surface area contributed by atoms with Gasteiger partial charge in [0.05, 0.1) is 12.2 Å². The molecule has 0 spiro atoms. The molecule has 0 fully saturated rings. The molecular weight excluding hydrogens is 240 g/mol. The number of carbonyl (C=O) groups is 1. The highest BCUT2D eigenvalue weighted by Crippen LogP contribution is 2.08. The average Bonchev–Trinajstić information content (AvgIpc) is 2.44. The van der Waals surface area contributed by atoms with Crippen molar-refractivity contribution in [1.82, 2.24) is 10.3 Å². The first-order valence-electron chi connectivity index (χ1n) is 6.18. The van der Waals surface area contributed by atoms with E-state index in [1.54, 1.807) is 6.20 Å². The summed E-state index contributed by atoms with van der Waals surface area (Å²) in [5.74, 6) is 0. The van der Waals surface area contributed by atoms with E-state index >= 15 is 0 Å². The highest BCUT2D eigenvalue weighted by molar-refractivity contribution is 5.64. The van der Waals surface area contributed by atoms with Crippen molar-refractivity contribution in [3.05, 3.63) is 65.5 Å². The quantitative estimate of drug-likeness (QED) is 0.864. The maximum absolute atomic E-state index is 10.4. The summed E-state index contributed by atoms with van der Waals surface area (Å²) in [5, 5.41) is 10.9. The summed E-state index contributed by atoms with van der Waals surface area (Å²) in [6.45, 7) is 0.245. The fourth-order valence-corrected chi connectivity index (χ4v) is 1.88. The highest BCUT2D eigenvalue weighted by atomic mass is 16.4. The molecule has 0 unspecified atom stereocenters. The third-order valence-corrected chi connectivity index (χ3v) is 2.85. The van der Waals surface area contributed by atoms with E-state index in [-0.39, 0.29) is 6.54 Å². The summed E-state index contributed by atoms with van der Waals surface area (Å²) < 4.78 is 0. The molecule has 2 aromatic rings. The van der Waals surface area contributed by atoms with Crippen molar-refractivity contribution >= 4 is 6.09 Å². The van der Waals surface area contributed by atoms with Crippen molar-refractivity contribution in [2.75, 3.05) is 0 Å². The molecule has 98 valence electrons. The molecule has 1 heterocycles. The normalized spacial score (nSPS) is 10.1. The first-order valence-corrected chi connectivity index (χ1v) is 6.18. The number of rotatable bonds is 5. The molecule has 0 radical (unpaired) electrons. The van der Waals surface area contributed by atoms with E-state index < -0.39 is 6.09 Å². The van der Waals surface area contributed by atoms with Gasteiger partial charge in [-0.15, -0.1) is 0 Å². The Morgan fingerprint density at radius 2 is 1.84 bits per heavy atom. The van der Waals surface area contributed by atoms with E-state index in [0.29, 0.717) is 0 Å². The number of aryl methyl sites for hydroxylation is 2. The smallest absolute Gasteiger partial charge is 0.404 e. The molecule has 0 bridgehead atoms. The van der Waals surface area contributed by atoms with Crippen molar-refractivity contribution in [3.63, 3.8) is 0 Å². The summed E-state index contributed by atoms with van der Waals surface area (Å²) in [6, 6.07) is 14.2. The van der Waals surface area contributed by atoms with Crippen LogP contribution >= 0.6 is 0 Å². The van der Waals surface area contributed by atoms with Crippen LogP contribution in [0, 0.1) is 0 Å². The number of nitrogens with zero attached hydrogens (tertiary/aromatic N) is 1. The molecule has 19 heavy (non-hydrogen) atoms. The minimum Gasteiger partial charge on any atom is -0.465 e. The highest BCUT2D eigenvalue weighted by Gasteiger charge is 2.00. The van der Waals surface area contributed by atoms with Crippen molar-refractivity contribution in [3.8, 4) is 0 Å². The fraction of sp³-hybridized carbons (Fsp3) is 0.200. The number of hydrogen-bond acceptors (Lipinski definition) is 2. The van der Waals surface area contributed by atoms with Crippen molar-refractivity contribution in [1.29, 1.82) is 0 Å². The van der Waals surface area contributed by atoms with Crippen molar-refractivity contribution < 1.29 is 9.90 Å². The largest absolute Gasteiger partial charge is 0.465 e. The van der Waals surface area contributed by atoms with Crippen LogP contribution in [0.3, 0.4) is 0 Å². The summed E-state index contributed by atoms with van der Waals surface area (Å²) in [5.41, 5.74) is 3.21. The minimum atomic E-state index is -1.03. The van der Waals surface area contributed by atoms with E-state index in [1.165, 1.54) is 11.1 Å². The van der Waals surface area contributed by atoms with E-state index in [0.717, 1.165) is 18.5 Å². The monoisotopic (exact) mass is 256 g/mol. The Labute approximate surface area is 112 Å². The second kappa shape index (κ2) is 6.54. The van der Waals surface area contributed by atoms with Gasteiger partial charge in [0.1, 0.15) is 0 Å². The molecule has 2 N–H and O–H groups in total. The van der Waals surface area contributed by atoms with Crippen LogP contribution in [0.1, 0.15) is 16.8 Å². The van der Waals surface area contributed by atoms with Crippen molar-refractivity contribution in [2.24, 2.45) is 0 Å². The Bertz CT molecular complexity index is 541. The summed E-state index contributed by atoms with van der Waals surface area (Å²) in [6.07, 6.45) is 2.58. The Kier molecular flexibility index (Phi) is 4.50. The lowest BCUT2D eigenvalue weighted by molar-refractivity contribution is 0.194. The first kappa shape index (κ1) is 13.1. The average molecular weight is 256 g/mol. The number of nitrogens with one attached hydrogen (secondary N) is 1. The molecule has 4 heteroatoms. The molecule has 0 saturated heterocycles. The van der Waals surface area contributed by atoms with E-state index in [1.807, 2.05) is 30.3 Å². The second-order valence-electron chi connectivity index (χ2n) is 4.30. The number of pyridine rings is 1. The van der Waals surface area contributed by atoms with Crippen LogP contribution in [0.4, 0.5) is 4.79 Å². The van der Waals surface area contributed by atoms with Crippen molar-refractivity contribution in [2.45, 2.75) is 19.4 Å². The van der Waals surface area contributed by atoms with Gasteiger partial charge in [0, 0.05) is 6.20 Å². The van der Waals surface area contributed by atoms with Gasteiger partial charge in [-0.25, -0.2) is 4.79 Å². The molecule has 2 rings (SSSR count). The van der Waals surface area contributed by atoms with Gasteiger partial charge < -0.3 is 10.4 Å². The maximum Gasteiger partial charge on any atom is 0.404 e. The number of aromatic nitrogens is 1. The molecule has 1 aromatic carbocycles. The van der Waals surface area contributed by atoms with Gasteiger partial charge in [0.15, 0.2) is 0 Å². The van der Waals surface area contributed by atoms with Crippen LogP contribution in [0.25, 0.3) is 0 Å². The standard InChI is InChI=1S/C15H16N2O2/c18-15(19)17-11-14-10-13(8-9-16-14)7-6-12-4-2-1-3-5-12/h1-5,8-10,17H,6-7,11H2,(H,18,19). The number of hydrogen-bond donors (Lipinski definition) is 2. The van der Waals surface area contributed by atoms with E-state index in [4.69, 9.17) is 5.11 Å². The number of amides is 1. The Morgan fingerprint density at radius 3 is 2.58 bits per heavy atom.